The highest BCUT2D eigenvalue weighted by Crippen LogP contribution is 2.20. The number of halogens is 1. The molecule has 1 heterocycles. The Kier molecular flexibility index (Phi) is 3.33. The highest BCUT2D eigenvalue weighted by atomic mass is 19.1. The number of benzene rings is 1. The van der Waals surface area contributed by atoms with Crippen LogP contribution in [0.25, 0.3) is 0 Å². The van der Waals surface area contributed by atoms with Crippen molar-refractivity contribution in [3.05, 3.63) is 53.2 Å². The zero-order valence-electron chi connectivity index (χ0n) is 9.94. The maximum Gasteiger partial charge on any atom is 0.340 e. The first-order valence-electron chi connectivity index (χ1n) is 5.38. The third-order valence-corrected chi connectivity index (χ3v) is 2.44. The monoisotopic (exact) mass is 263 g/mol. The van der Waals surface area contributed by atoms with Crippen LogP contribution < -0.4 is 5.32 Å². The molecule has 0 unspecified atom stereocenters. The summed E-state index contributed by atoms with van der Waals surface area (Å²) in [6.07, 6.45) is 0. The molecule has 0 aliphatic carbocycles. The number of aromatic carboxylic acids is 1. The van der Waals surface area contributed by atoms with E-state index in [0.717, 1.165) is 6.07 Å². The molecule has 1 amide bonds. The van der Waals surface area contributed by atoms with Crippen LogP contribution in [0.2, 0.25) is 0 Å². The molecule has 0 atom stereocenters. The normalized spacial score (nSPS) is 10.2. The van der Waals surface area contributed by atoms with Crippen LogP contribution in [-0.2, 0) is 0 Å². The number of furan rings is 1. The molecule has 19 heavy (non-hydrogen) atoms. The van der Waals surface area contributed by atoms with Crippen LogP contribution in [0.15, 0.2) is 34.7 Å². The molecule has 0 bridgehead atoms. The molecule has 1 aromatic heterocycles. The predicted molar refractivity (Wildman–Crippen MR) is 64.8 cm³/mol. The molecule has 2 N–H and O–H groups in total. The van der Waals surface area contributed by atoms with Gasteiger partial charge in [0.1, 0.15) is 17.1 Å². The van der Waals surface area contributed by atoms with E-state index in [0.29, 0.717) is 5.76 Å². The molecular formula is C13H10FNO4. The molecule has 0 fully saturated rings. The minimum Gasteiger partial charge on any atom is -0.478 e. The first kappa shape index (κ1) is 12.8. The Bertz CT molecular complexity index is 648. The van der Waals surface area contributed by atoms with Crippen LogP contribution in [-0.4, -0.2) is 17.0 Å². The summed E-state index contributed by atoms with van der Waals surface area (Å²) >= 11 is 0. The molecule has 0 saturated heterocycles. The SMILES string of the molecule is Cc1ccc(C(=O)Nc2cccc(F)c2C(=O)O)o1. The number of nitrogens with one attached hydrogen (secondary N) is 1. The van der Waals surface area contributed by atoms with Gasteiger partial charge in [-0.25, -0.2) is 9.18 Å². The van der Waals surface area contributed by atoms with Crippen molar-refractivity contribution >= 4 is 17.6 Å². The molecule has 6 heteroatoms. The second kappa shape index (κ2) is 4.93. The van der Waals surface area contributed by atoms with E-state index in [9.17, 15) is 14.0 Å². The maximum absolute atomic E-state index is 13.4. The number of carbonyl (C=O) groups excluding carboxylic acids is 1. The quantitative estimate of drug-likeness (QED) is 0.892. The fraction of sp³-hybridized carbons (Fsp3) is 0.0769. The van der Waals surface area contributed by atoms with Gasteiger partial charge >= 0.3 is 5.97 Å². The summed E-state index contributed by atoms with van der Waals surface area (Å²) < 4.78 is 18.5. The molecule has 2 aromatic rings. The van der Waals surface area contributed by atoms with Gasteiger partial charge in [0.05, 0.1) is 5.69 Å². The van der Waals surface area contributed by atoms with Gasteiger partial charge in [-0.2, -0.15) is 0 Å². The number of amides is 1. The van der Waals surface area contributed by atoms with E-state index in [1.807, 2.05) is 0 Å². The van der Waals surface area contributed by atoms with Crippen molar-refractivity contribution in [1.82, 2.24) is 0 Å². The van der Waals surface area contributed by atoms with Crippen LogP contribution in [0.5, 0.6) is 0 Å². The minimum atomic E-state index is -1.45. The van der Waals surface area contributed by atoms with Gasteiger partial charge in [0.15, 0.2) is 5.76 Å². The lowest BCUT2D eigenvalue weighted by molar-refractivity contribution is 0.0693. The summed E-state index contributed by atoms with van der Waals surface area (Å²) in [4.78, 5) is 22.7. The highest BCUT2D eigenvalue weighted by Gasteiger charge is 2.18. The summed E-state index contributed by atoms with van der Waals surface area (Å²) in [7, 11) is 0. The zero-order chi connectivity index (χ0) is 14.0. The molecule has 0 saturated carbocycles. The van der Waals surface area contributed by atoms with Crippen LogP contribution in [0.4, 0.5) is 10.1 Å². The van der Waals surface area contributed by atoms with Crippen LogP contribution in [0.1, 0.15) is 26.7 Å². The van der Waals surface area contributed by atoms with Crippen molar-refractivity contribution in [2.45, 2.75) is 6.92 Å². The first-order chi connectivity index (χ1) is 8.99. The Morgan fingerprint density at radius 1 is 1.26 bits per heavy atom. The summed E-state index contributed by atoms with van der Waals surface area (Å²) in [6, 6.07) is 6.67. The number of hydrogen-bond donors (Lipinski definition) is 2. The van der Waals surface area contributed by atoms with Gasteiger partial charge in [-0.05, 0) is 31.2 Å². The van der Waals surface area contributed by atoms with Crippen LogP contribution in [0, 0.1) is 12.7 Å². The Hall–Kier alpha value is -2.63. The van der Waals surface area contributed by atoms with Gasteiger partial charge in [0.25, 0.3) is 5.91 Å². The smallest absolute Gasteiger partial charge is 0.340 e. The number of carboxylic acids is 1. The lowest BCUT2D eigenvalue weighted by Gasteiger charge is -2.07. The second-order valence-corrected chi connectivity index (χ2v) is 3.83. The van der Waals surface area contributed by atoms with Crippen molar-refractivity contribution < 1.29 is 23.5 Å². The molecule has 0 radical (unpaired) electrons. The number of carboxylic acid groups (broad SMARTS) is 1. The maximum atomic E-state index is 13.4. The Morgan fingerprint density at radius 2 is 2.00 bits per heavy atom. The van der Waals surface area contributed by atoms with Crippen molar-refractivity contribution in [2.24, 2.45) is 0 Å². The summed E-state index contributed by atoms with van der Waals surface area (Å²) in [5.74, 6) is -2.44. The Morgan fingerprint density at radius 3 is 2.58 bits per heavy atom. The molecule has 0 spiro atoms. The fourth-order valence-corrected chi connectivity index (χ4v) is 1.59. The average molecular weight is 263 g/mol. The largest absolute Gasteiger partial charge is 0.478 e. The van der Waals surface area contributed by atoms with E-state index in [4.69, 9.17) is 9.52 Å². The van der Waals surface area contributed by atoms with Crippen molar-refractivity contribution in [2.75, 3.05) is 5.32 Å². The number of carbonyl (C=O) groups is 2. The van der Waals surface area contributed by atoms with E-state index in [-0.39, 0.29) is 11.4 Å². The zero-order valence-corrected chi connectivity index (χ0v) is 9.94. The van der Waals surface area contributed by atoms with Gasteiger partial charge in [-0.15, -0.1) is 0 Å². The second-order valence-electron chi connectivity index (χ2n) is 3.83. The van der Waals surface area contributed by atoms with Crippen LogP contribution in [0.3, 0.4) is 0 Å². The van der Waals surface area contributed by atoms with E-state index in [1.165, 1.54) is 18.2 Å². The first-order valence-corrected chi connectivity index (χ1v) is 5.38. The lowest BCUT2D eigenvalue weighted by Crippen LogP contribution is -2.15. The third-order valence-electron chi connectivity index (χ3n) is 2.44. The van der Waals surface area contributed by atoms with Gasteiger partial charge in [0, 0.05) is 0 Å². The summed E-state index contributed by atoms with van der Waals surface area (Å²) in [5.41, 5.74) is -0.703. The number of hydrogen-bond acceptors (Lipinski definition) is 3. The molecule has 2 rings (SSSR count). The van der Waals surface area contributed by atoms with Gasteiger partial charge in [0.2, 0.25) is 0 Å². The van der Waals surface area contributed by atoms with E-state index in [2.05, 4.69) is 5.32 Å². The average Bonchev–Trinajstić information content (AvgIpc) is 2.75. The molecular weight excluding hydrogens is 253 g/mol. The standard InChI is InChI=1S/C13H10FNO4/c1-7-5-6-10(19-7)12(16)15-9-4-2-3-8(14)11(9)13(17)18/h2-6H,1H3,(H,15,16)(H,17,18). The number of anilines is 1. The van der Waals surface area contributed by atoms with E-state index < -0.39 is 23.3 Å². The van der Waals surface area contributed by atoms with Crippen molar-refractivity contribution in [3.8, 4) is 0 Å². The molecule has 0 aliphatic heterocycles. The van der Waals surface area contributed by atoms with Crippen molar-refractivity contribution in [1.29, 1.82) is 0 Å². The molecule has 5 nitrogen and oxygen atoms in total. The number of aryl methyl sites for hydroxylation is 1. The lowest BCUT2D eigenvalue weighted by atomic mass is 10.1. The predicted octanol–water partition coefficient (Wildman–Crippen LogP) is 2.68. The molecule has 0 aliphatic rings. The molecule has 1 aromatic carbocycles. The van der Waals surface area contributed by atoms with E-state index in [1.54, 1.807) is 13.0 Å². The van der Waals surface area contributed by atoms with Crippen molar-refractivity contribution in [3.63, 3.8) is 0 Å². The fourth-order valence-electron chi connectivity index (χ4n) is 1.59. The van der Waals surface area contributed by atoms with Gasteiger partial charge in [-0.1, -0.05) is 6.07 Å². The Labute approximate surface area is 107 Å². The van der Waals surface area contributed by atoms with Gasteiger partial charge < -0.3 is 14.8 Å². The van der Waals surface area contributed by atoms with Gasteiger partial charge in [-0.3, -0.25) is 4.79 Å². The third kappa shape index (κ3) is 2.62. The number of rotatable bonds is 3. The minimum absolute atomic E-state index is 0.0260. The van der Waals surface area contributed by atoms with Crippen LogP contribution >= 0.6 is 0 Å². The topological polar surface area (TPSA) is 79.5 Å². The van der Waals surface area contributed by atoms with E-state index >= 15 is 0 Å². The highest BCUT2D eigenvalue weighted by molar-refractivity contribution is 6.06. The Balaban J connectivity index is 2.31. The summed E-state index contributed by atoms with van der Waals surface area (Å²) in [5, 5.41) is 11.2. The molecule has 98 valence electrons. The summed E-state index contributed by atoms with van der Waals surface area (Å²) in [6.45, 7) is 1.67.